The summed E-state index contributed by atoms with van der Waals surface area (Å²) in [5, 5.41) is 2.44. The highest BCUT2D eigenvalue weighted by atomic mass is 79.9. The third-order valence-corrected chi connectivity index (χ3v) is 4.41. The van der Waals surface area contributed by atoms with Crippen LogP contribution >= 0.6 is 31.9 Å². The zero-order chi connectivity index (χ0) is 14.8. The smallest absolute Gasteiger partial charge is 0.0711 e. The van der Waals surface area contributed by atoms with Gasteiger partial charge in [0.2, 0.25) is 0 Å². The van der Waals surface area contributed by atoms with Gasteiger partial charge in [0, 0.05) is 8.95 Å². The van der Waals surface area contributed by atoms with E-state index in [-0.39, 0.29) is 6.04 Å². The number of nitrogens with two attached hydrogens (primary N) is 1. The van der Waals surface area contributed by atoms with Crippen LogP contribution in [0.25, 0.3) is 10.8 Å². The van der Waals surface area contributed by atoms with Crippen molar-refractivity contribution >= 4 is 42.6 Å². The Bertz CT molecular complexity index is 766. The Hall–Kier alpha value is -1.20. The average Bonchev–Trinajstić information content (AvgIpc) is 2.47. The van der Waals surface area contributed by atoms with Gasteiger partial charge in [-0.25, -0.2) is 5.43 Å². The summed E-state index contributed by atoms with van der Waals surface area (Å²) in [4.78, 5) is 0. The van der Waals surface area contributed by atoms with Gasteiger partial charge in [0.25, 0.3) is 0 Å². The molecule has 0 aromatic heterocycles. The number of hydrogen-bond donors (Lipinski definition) is 2. The first-order chi connectivity index (χ1) is 10.2. The van der Waals surface area contributed by atoms with E-state index < -0.39 is 0 Å². The van der Waals surface area contributed by atoms with Crippen LogP contribution < -0.4 is 11.3 Å². The van der Waals surface area contributed by atoms with Crippen LogP contribution in [0.2, 0.25) is 0 Å². The fourth-order valence-electron chi connectivity index (χ4n) is 2.51. The van der Waals surface area contributed by atoms with Crippen LogP contribution in [0.15, 0.2) is 69.6 Å². The summed E-state index contributed by atoms with van der Waals surface area (Å²) in [6.45, 7) is 0. The number of nitrogens with one attached hydrogen (secondary N) is 1. The van der Waals surface area contributed by atoms with Gasteiger partial charge >= 0.3 is 0 Å². The van der Waals surface area contributed by atoms with Crippen molar-refractivity contribution in [3.8, 4) is 0 Å². The fourth-order valence-corrected chi connectivity index (χ4v) is 3.84. The number of hydrogen-bond acceptors (Lipinski definition) is 2. The maximum absolute atomic E-state index is 5.80. The molecule has 2 nitrogen and oxygen atoms in total. The molecular formula is C17H14Br2N2. The van der Waals surface area contributed by atoms with Crippen LogP contribution in [0.5, 0.6) is 0 Å². The number of hydrazine groups is 1. The lowest BCUT2D eigenvalue weighted by Gasteiger charge is -2.18. The Morgan fingerprint density at radius 2 is 1.43 bits per heavy atom. The first kappa shape index (κ1) is 14.7. The average molecular weight is 406 g/mol. The molecule has 3 aromatic carbocycles. The molecule has 0 aliphatic carbocycles. The highest BCUT2D eigenvalue weighted by molar-refractivity contribution is 9.11. The highest BCUT2D eigenvalue weighted by Gasteiger charge is 2.14. The summed E-state index contributed by atoms with van der Waals surface area (Å²) < 4.78 is 2.04. The molecule has 0 saturated carbocycles. The molecule has 0 aliphatic heterocycles. The van der Waals surface area contributed by atoms with Gasteiger partial charge < -0.3 is 0 Å². The third kappa shape index (κ3) is 3.19. The van der Waals surface area contributed by atoms with Crippen molar-refractivity contribution in [3.05, 3.63) is 80.7 Å². The van der Waals surface area contributed by atoms with E-state index in [1.54, 1.807) is 0 Å². The second-order valence-electron chi connectivity index (χ2n) is 4.91. The van der Waals surface area contributed by atoms with E-state index in [1.165, 1.54) is 10.8 Å². The minimum Gasteiger partial charge on any atom is -0.271 e. The summed E-state index contributed by atoms with van der Waals surface area (Å²) in [6, 6.07) is 20.8. The minimum absolute atomic E-state index is 0.0524. The molecule has 0 radical (unpaired) electrons. The van der Waals surface area contributed by atoms with E-state index in [4.69, 9.17) is 5.84 Å². The lowest BCUT2D eigenvalue weighted by molar-refractivity contribution is 0.637. The zero-order valence-corrected chi connectivity index (χ0v) is 14.4. The van der Waals surface area contributed by atoms with Crippen molar-refractivity contribution < 1.29 is 0 Å². The van der Waals surface area contributed by atoms with Crippen LogP contribution in [0.4, 0.5) is 0 Å². The molecule has 1 unspecified atom stereocenters. The van der Waals surface area contributed by atoms with Crippen LogP contribution in [0.3, 0.4) is 0 Å². The maximum atomic E-state index is 5.80. The summed E-state index contributed by atoms with van der Waals surface area (Å²) in [7, 11) is 0. The molecule has 3 aromatic rings. The molecule has 0 bridgehead atoms. The van der Waals surface area contributed by atoms with Gasteiger partial charge in [-0.3, -0.25) is 5.84 Å². The van der Waals surface area contributed by atoms with Gasteiger partial charge in [0.1, 0.15) is 0 Å². The van der Waals surface area contributed by atoms with Gasteiger partial charge in [-0.05, 0) is 46.2 Å². The van der Waals surface area contributed by atoms with Gasteiger partial charge in [0.05, 0.1) is 6.04 Å². The molecule has 0 spiro atoms. The Labute approximate surface area is 140 Å². The number of halogens is 2. The van der Waals surface area contributed by atoms with E-state index in [0.29, 0.717) is 0 Å². The van der Waals surface area contributed by atoms with Crippen molar-refractivity contribution in [2.24, 2.45) is 5.84 Å². The molecule has 21 heavy (non-hydrogen) atoms. The summed E-state index contributed by atoms with van der Waals surface area (Å²) in [5.41, 5.74) is 5.16. The number of rotatable bonds is 3. The lowest BCUT2D eigenvalue weighted by Crippen LogP contribution is -2.28. The topological polar surface area (TPSA) is 38.0 Å². The van der Waals surface area contributed by atoms with E-state index in [9.17, 15) is 0 Å². The highest BCUT2D eigenvalue weighted by Crippen LogP contribution is 2.29. The zero-order valence-electron chi connectivity index (χ0n) is 11.2. The Morgan fingerprint density at radius 3 is 2.10 bits per heavy atom. The third-order valence-electron chi connectivity index (χ3n) is 3.49. The molecule has 3 rings (SSSR count). The van der Waals surface area contributed by atoms with Crippen LogP contribution in [0.1, 0.15) is 17.2 Å². The number of fused-ring (bicyclic) bond motifs is 1. The molecular weight excluding hydrogens is 392 g/mol. The van der Waals surface area contributed by atoms with Crippen molar-refractivity contribution in [1.29, 1.82) is 0 Å². The van der Waals surface area contributed by atoms with Crippen molar-refractivity contribution in [3.63, 3.8) is 0 Å². The number of benzene rings is 3. The standard InChI is InChI=1S/C17H14Br2N2/c18-15-8-14(9-16(19)10-15)17(21-20)13-6-5-11-3-1-2-4-12(11)7-13/h1-10,17,21H,20H2. The van der Waals surface area contributed by atoms with E-state index >= 15 is 0 Å². The van der Waals surface area contributed by atoms with Crippen molar-refractivity contribution in [2.45, 2.75) is 6.04 Å². The van der Waals surface area contributed by atoms with Gasteiger partial charge in [-0.1, -0.05) is 68.3 Å². The van der Waals surface area contributed by atoms with E-state index in [1.807, 2.05) is 18.2 Å². The predicted octanol–water partition coefficient (Wildman–Crippen LogP) is 4.92. The second kappa shape index (κ2) is 6.28. The Balaban J connectivity index is 2.08. The van der Waals surface area contributed by atoms with Gasteiger partial charge in [0.15, 0.2) is 0 Å². The monoisotopic (exact) mass is 404 g/mol. The largest absolute Gasteiger partial charge is 0.271 e. The predicted molar refractivity (Wildman–Crippen MR) is 95.0 cm³/mol. The van der Waals surface area contributed by atoms with E-state index in [2.05, 4.69) is 79.8 Å². The molecule has 0 heterocycles. The summed E-state index contributed by atoms with van der Waals surface area (Å²) in [6.07, 6.45) is 0. The van der Waals surface area contributed by atoms with Crippen LogP contribution in [-0.4, -0.2) is 0 Å². The molecule has 0 fully saturated rings. The Kier molecular flexibility index (Phi) is 4.40. The minimum atomic E-state index is -0.0524. The maximum Gasteiger partial charge on any atom is 0.0711 e. The van der Waals surface area contributed by atoms with Crippen LogP contribution in [0, 0.1) is 0 Å². The molecule has 106 valence electrons. The van der Waals surface area contributed by atoms with Gasteiger partial charge in [-0.2, -0.15) is 0 Å². The summed E-state index contributed by atoms with van der Waals surface area (Å²) in [5.74, 6) is 5.80. The second-order valence-corrected chi connectivity index (χ2v) is 6.74. The lowest BCUT2D eigenvalue weighted by atomic mass is 9.97. The Morgan fingerprint density at radius 1 is 0.762 bits per heavy atom. The first-order valence-electron chi connectivity index (χ1n) is 6.58. The summed E-state index contributed by atoms with van der Waals surface area (Å²) >= 11 is 7.05. The van der Waals surface area contributed by atoms with Crippen molar-refractivity contribution in [2.75, 3.05) is 0 Å². The molecule has 0 aliphatic rings. The van der Waals surface area contributed by atoms with E-state index in [0.717, 1.165) is 20.1 Å². The van der Waals surface area contributed by atoms with Crippen LogP contribution in [-0.2, 0) is 0 Å². The SMILES string of the molecule is NNC(c1cc(Br)cc(Br)c1)c1ccc2ccccc2c1. The molecule has 3 N–H and O–H groups in total. The molecule has 0 amide bonds. The quantitative estimate of drug-likeness (QED) is 0.479. The van der Waals surface area contributed by atoms with Crippen molar-refractivity contribution in [1.82, 2.24) is 5.43 Å². The molecule has 1 atom stereocenters. The fraction of sp³-hybridized carbons (Fsp3) is 0.0588. The molecule has 4 heteroatoms. The first-order valence-corrected chi connectivity index (χ1v) is 8.17. The normalized spacial score (nSPS) is 12.5. The van der Waals surface area contributed by atoms with Gasteiger partial charge in [-0.15, -0.1) is 0 Å². The molecule has 0 saturated heterocycles.